The molecule has 0 fully saturated rings. The van der Waals surface area contributed by atoms with Gasteiger partial charge in [0.2, 0.25) is 0 Å². The molecule has 0 aliphatic rings. The van der Waals surface area contributed by atoms with Crippen molar-refractivity contribution in [2.75, 3.05) is 5.43 Å². The minimum absolute atomic E-state index is 0.682. The minimum Gasteiger partial charge on any atom is -0.468 e. The Bertz CT molecular complexity index is 470. The number of nitrogens with two attached hydrogens (primary N) is 1. The Labute approximate surface area is 98.2 Å². The fourth-order valence-electron chi connectivity index (χ4n) is 1.32. The lowest BCUT2D eigenvalue weighted by molar-refractivity contribution is 0.527. The third-order valence-electron chi connectivity index (χ3n) is 2.14. The maximum atomic E-state index is 5.30. The molecular formula is C11H13N3OS. The summed E-state index contributed by atoms with van der Waals surface area (Å²) >= 11 is 1.70. The van der Waals surface area contributed by atoms with Gasteiger partial charge in [0, 0.05) is 10.6 Å². The molecule has 0 saturated heterocycles. The van der Waals surface area contributed by atoms with Crippen LogP contribution < -0.4 is 11.3 Å². The van der Waals surface area contributed by atoms with E-state index in [1.807, 2.05) is 31.2 Å². The highest BCUT2D eigenvalue weighted by atomic mass is 32.2. The molecule has 2 aromatic heterocycles. The first-order valence-electron chi connectivity index (χ1n) is 4.89. The number of pyridine rings is 1. The molecule has 0 spiro atoms. The second-order valence-electron chi connectivity index (χ2n) is 3.29. The molecule has 0 aliphatic heterocycles. The SMILES string of the molecule is Cc1occc1SCc1cccc(NN)n1. The van der Waals surface area contributed by atoms with E-state index in [-0.39, 0.29) is 0 Å². The highest BCUT2D eigenvalue weighted by Crippen LogP contribution is 2.26. The molecule has 0 amide bonds. The highest BCUT2D eigenvalue weighted by Gasteiger charge is 2.03. The lowest BCUT2D eigenvalue weighted by Gasteiger charge is -2.03. The predicted octanol–water partition coefficient (Wildman–Crippen LogP) is 2.56. The van der Waals surface area contributed by atoms with Crippen molar-refractivity contribution in [1.82, 2.24) is 4.98 Å². The van der Waals surface area contributed by atoms with Crippen LogP contribution in [0.25, 0.3) is 0 Å². The molecule has 0 atom stereocenters. The summed E-state index contributed by atoms with van der Waals surface area (Å²) in [6, 6.07) is 7.70. The van der Waals surface area contributed by atoms with Crippen LogP contribution in [-0.2, 0) is 5.75 Å². The average molecular weight is 235 g/mol. The van der Waals surface area contributed by atoms with Gasteiger partial charge in [-0.2, -0.15) is 0 Å². The van der Waals surface area contributed by atoms with Crippen LogP contribution in [0, 0.1) is 6.92 Å². The van der Waals surface area contributed by atoms with Gasteiger partial charge in [-0.1, -0.05) is 6.07 Å². The summed E-state index contributed by atoms with van der Waals surface area (Å²) in [6.45, 7) is 1.95. The van der Waals surface area contributed by atoms with Gasteiger partial charge < -0.3 is 9.84 Å². The lowest BCUT2D eigenvalue weighted by atomic mass is 10.4. The van der Waals surface area contributed by atoms with E-state index < -0.39 is 0 Å². The fraction of sp³-hybridized carbons (Fsp3) is 0.182. The van der Waals surface area contributed by atoms with Crippen molar-refractivity contribution in [2.45, 2.75) is 17.6 Å². The molecule has 0 aromatic carbocycles. The number of rotatable bonds is 4. The van der Waals surface area contributed by atoms with Gasteiger partial charge >= 0.3 is 0 Å². The standard InChI is InChI=1S/C11H13N3OS/c1-8-10(5-6-15-8)16-7-9-3-2-4-11(13-9)14-12/h2-6H,7,12H2,1H3,(H,13,14). The van der Waals surface area contributed by atoms with Gasteiger partial charge in [-0.25, -0.2) is 10.8 Å². The Balaban J connectivity index is 2.02. The number of aryl methyl sites for hydroxylation is 1. The Morgan fingerprint density at radius 2 is 2.31 bits per heavy atom. The van der Waals surface area contributed by atoms with Crippen molar-refractivity contribution < 1.29 is 4.42 Å². The zero-order valence-corrected chi connectivity index (χ0v) is 9.75. The van der Waals surface area contributed by atoms with E-state index in [4.69, 9.17) is 10.3 Å². The maximum Gasteiger partial charge on any atom is 0.140 e. The van der Waals surface area contributed by atoms with E-state index in [1.165, 1.54) is 0 Å². The van der Waals surface area contributed by atoms with E-state index in [9.17, 15) is 0 Å². The number of hydrazine groups is 1. The van der Waals surface area contributed by atoms with E-state index in [0.717, 1.165) is 22.1 Å². The largest absolute Gasteiger partial charge is 0.468 e. The number of nitrogen functional groups attached to an aromatic ring is 1. The molecule has 4 nitrogen and oxygen atoms in total. The number of thioether (sulfide) groups is 1. The van der Waals surface area contributed by atoms with Crippen LogP contribution in [0.4, 0.5) is 5.82 Å². The van der Waals surface area contributed by atoms with Crippen molar-refractivity contribution in [2.24, 2.45) is 5.84 Å². The Hall–Kier alpha value is -1.46. The van der Waals surface area contributed by atoms with Crippen LogP contribution in [-0.4, -0.2) is 4.98 Å². The van der Waals surface area contributed by atoms with E-state index >= 15 is 0 Å². The molecule has 0 unspecified atom stereocenters. The number of nitrogens with one attached hydrogen (secondary N) is 1. The van der Waals surface area contributed by atoms with Crippen molar-refractivity contribution >= 4 is 17.6 Å². The van der Waals surface area contributed by atoms with Gasteiger partial charge in [-0.3, -0.25) is 0 Å². The first-order valence-corrected chi connectivity index (χ1v) is 5.87. The summed E-state index contributed by atoms with van der Waals surface area (Å²) in [5.74, 6) is 7.73. The monoisotopic (exact) mass is 235 g/mol. The molecular weight excluding hydrogens is 222 g/mol. The first kappa shape index (κ1) is 11.0. The lowest BCUT2D eigenvalue weighted by Crippen LogP contribution is -2.08. The molecule has 3 N–H and O–H groups in total. The van der Waals surface area contributed by atoms with Gasteiger partial charge in [-0.05, 0) is 25.1 Å². The number of nitrogens with zero attached hydrogens (tertiary/aromatic N) is 1. The third-order valence-corrected chi connectivity index (χ3v) is 3.32. The van der Waals surface area contributed by atoms with E-state index in [0.29, 0.717) is 5.82 Å². The molecule has 0 radical (unpaired) electrons. The molecule has 0 saturated carbocycles. The van der Waals surface area contributed by atoms with Crippen LogP contribution in [0.1, 0.15) is 11.5 Å². The molecule has 0 bridgehead atoms. The maximum absolute atomic E-state index is 5.30. The first-order chi connectivity index (χ1) is 7.79. The van der Waals surface area contributed by atoms with Gasteiger partial charge in [0.1, 0.15) is 11.6 Å². The second-order valence-corrected chi connectivity index (χ2v) is 4.31. The number of furan rings is 1. The summed E-state index contributed by atoms with van der Waals surface area (Å²) in [6.07, 6.45) is 1.70. The number of hydrogen-bond donors (Lipinski definition) is 2. The van der Waals surface area contributed by atoms with Crippen LogP contribution in [0.5, 0.6) is 0 Å². The summed E-state index contributed by atoms with van der Waals surface area (Å²) in [5.41, 5.74) is 3.52. The van der Waals surface area contributed by atoms with Crippen molar-refractivity contribution in [3.8, 4) is 0 Å². The molecule has 0 aliphatic carbocycles. The van der Waals surface area contributed by atoms with Gasteiger partial charge in [0.15, 0.2) is 0 Å². The molecule has 2 aromatic rings. The Morgan fingerprint density at radius 1 is 1.44 bits per heavy atom. The summed E-state index contributed by atoms with van der Waals surface area (Å²) in [7, 11) is 0. The van der Waals surface area contributed by atoms with Crippen molar-refractivity contribution in [1.29, 1.82) is 0 Å². The molecule has 5 heteroatoms. The van der Waals surface area contributed by atoms with E-state index in [1.54, 1.807) is 18.0 Å². The van der Waals surface area contributed by atoms with Crippen molar-refractivity contribution in [3.05, 3.63) is 42.0 Å². The molecule has 16 heavy (non-hydrogen) atoms. The van der Waals surface area contributed by atoms with Gasteiger partial charge in [0.05, 0.1) is 12.0 Å². The third kappa shape index (κ3) is 2.56. The van der Waals surface area contributed by atoms with E-state index in [2.05, 4.69) is 10.4 Å². The summed E-state index contributed by atoms with van der Waals surface area (Å²) in [4.78, 5) is 5.48. The number of hydrogen-bond acceptors (Lipinski definition) is 5. The molecule has 2 rings (SSSR count). The van der Waals surface area contributed by atoms with Crippen LogP contribution in [0.2, 0.25) is 0 Å². The summed E-state index contributed by atoms with van der Waals surface area (Å²) < 4.78 is 5.22. The number of aromatic nitrogens is 1. The summed E-state index contributed by atoms with van der Waals surface area (Å²) in [5, 5.41) is 0. The fourth-order valence-corrected chi connectivity index (χ4v) is 2.18. The quantitative estimate of drug-likeness (QED) is 0.484. The van der Waals surface area contributed by atoms with Crippen LogP contribution in [0.3, 0.4) is 0 Å². The zero-order valence-electron chi connectivity index (χ0n) is 8.93. The van der Waals surface area contributed by atoms with Crippen LogP contribution in [0.15, 0.2) is 39.8 Å². The second kappa shape index (κ2) is 5.05. The van der Waals surface area contributed by atoms with Crippen LogP contribution >= 0.6 is 11.8 Å². The topological polar surface area (TPSA) is 64.1 Å². The zero-order chi connectivity index (χ0) is 11.4. The van der Waals surface area contributed by atoms with Gasteiger partial charge in [0.25, 0.3) is 0 Å². The Morgan fingerprint density at radius 3 is 3.00 bits per heavy atom. The minimum atomic E-state index is 0.682. The average Bonchev–Trinajstić information content (AvgIpc) is 2.72. The normalized spacial score (nSPS) is 10.4. The Kier molecular flexibility index (Phi) is 3.48. The van der Waals surface area contributed by atoms with Gasteiger partial charge in [-0.15, -0.1) is 11.8 Å². The highest BCUT2D eigenvalue weighted by molar-refractivity contribution is 7.98. The molecule has 2 heterocycles. The van der Waals surface area contributed by atoms with Crippen molar-refractivity contribution in [3.63, 3.8) is 0 Å². The predicted molar refractivity (Wildman–Crippen MR) is 65.1 cm³/mol. The smallest absolute Gasteiger partial charge is 0.140 e. The number of anilines is 1. The molecule has 84 valence electrons.